The van der Waals surface area contributed by atoms with Crippen LogP contribution in [-0.2, 0) is 10.7 Å². The fourth-order valence-corrected chi connectivity index (χ4v) is 1.18. The number of methoxy groups -OCH3 is 1. The largest absolute Gasteiger partial charge is 0.494 e. The summed E-state index contributed by atoms with van der Waals surface area (Å²) < 4.78 is 44.1. The first kappa shape index (κ1) is 12.4. The monoisotopic (exact) mass is 234 g/mol. The molecule has 0 fully saturated rings. The van der Waals surface area contributed by atoms with E-state index in [-0.39, 0.29) is 5.75 Å². The molecule has 0 unspecified atom stereocenters. The number of carboxylic acids is 1. The number of benzene rings is 1. The Hall–Kier alpha value is -1.72. The maximum Gasteiger partial charge on any atom is 0.309 e. The smallest absolute Gasteiger partial charge is 0.309 e. The lowest BCUT2D eigenvalue weighted by Gasteiger charge is -2.15. The number of carboxylic acid groups (broad SMARTS) is 1. The topological polar surface area (TPSA) is 46.5 Å². The number of aliphatic carboxylic acids is 1. The molecule has 0 saturated heterocycles. The summed E-state index contributed by atoms with van der Waals surface area (Å²) in [5.74, 6) is -6.31. The summed E-state index contributed by atoms with van der Waals surface area (Å²) in [5, 5.41) is 8.31. The van der Waals surface area contributed by atoms with E-state index < -0.39 is 29.7 Å². The Morgan fingerprint density at radius 1 is 1.50 bits per heavy atom. The number of ether oxygens (including phenoxy) is 1. The van der Waals surface area contributed by atoms with Gasteiger partial charge in [0.05, 0.1) is 7.11 Å². The molecule has 3 nitrogen and oxygen atoms in total. The van der Waals surface area contributed by atoms with Crippen LogP contribution in [0.1, 0.15) is 12.0 Å². The molecule has 88 valence electrons. The minimum Gasteiger partial charge on any atom is -0.494 e. The van der Waals surface area contributed by atoms with Crippen molar-refractivity contribution < 1.29 is 27.8 Å². The van der Waals surface area contributed by atoms with Crippen molar-refractivity contribution in [1.82, 2.24) is 0 Å². The lowest BCUT2D eigenvalue weighted by molar-refractivity contribution is -0.145. The first-order chi connectivity index (χ1) is 7.36. The molecule has 0 spiro atoms. The molecule has 0 aliphatic heterocycles. The van der Waals surface area contributed by atoms with Crippen molar-refractivity contribution in [2.24, 2.45) is 0 Å². The van der Waals surface area contributed by atoms with E-state index in [2.05, 4.69) is 4.74 Å². The average Bonchev–Trinajstić information content (AvgIpc) is 2.16. The van der Waals surface area contributed by atoms with Crippen LogP contribution in [0.3, 0.4) is 0 Å². The number of alkyl halides is 2. The zero-order chi connectivity index (χ0) is 12.3. The highest BCUT2D eigenvalue weighted by Crippen LogP contribution is 2.34. The van der Waals surface area contributed by atoms with Gasteiger partial charge in [0.2, 0.25) is 0 Å². The third kappa shape index (κ3) is 2.65. The Balaban J connectivity index is 3.08. The van der Waals surface area contributed by atoms with Crippen LogP contribution < -0.4 is 4.74 Å². The first-order valence-corrected chi connectivity index (χ1v) is 4.30. The first-order valence-electron chi connectivity index (χ1n) is 4.30. The van der Waals surface area contributed by atoms with Gasteiger partial charge in [0.1, 0.15) is 6.42 Å². The molecule has 0 aliphatic rings. The van der Waals surface area contributed by atoms with Crippen molar-refractivity contribution in [3.8, 4) is 5.75 Å². The third-order valence-electron chi connectivity index (χ3n) is 1.95. The molecule has 0 radical (unpaired) electrons. The van der Waals surface area contributed by atoms with Gasteiger partial charge in [-0.15, -0.1) is 0 Å². The van der Waals surface area contributed by atoms with Crippen LogP contribution in [0, 0.1) is 5.82 Å². The molecule has 0 aromatic heterocycles. The predicted octanol–water partition coefficient (Wildman–Crippen LogP) is 2.40. The van der Waals surface area contributed by atoms with E-state index in [4.69, 9.17) is 5.11 Å². The highest BCUT2D eigenvalue weighted by atomic mass is 19.3. The summed E-state index contributed by atoms with van der Waals surface area (Å²) in [6.45, 7) is 0. The lowest BCUT2D eigenvalue weighted by Crippen LogP contribution is -2.18. The molecule has 0 amide bonds. The molecule has 16 heavy (non-hydrogen) atoms. The van der Waals surface area contributed by atoms with E-state index in [9.17, 15) is 18.0 Å². The molecular weight excluding hydrogens is 225 g/mol. The van der Waals surface area contributed by atoms with Crippen LogP contribution >= 0.6 is 0 Å². The van der Waals surface area contributed by atoms with Gasteiger partial charge in [0.25, 0.3) is 5.92 Å². The van der Waals surface area contributed by atoms with E-state index in [1.165, 1.54) is 0 Å². The molecule has 0 bridgehead atoms. The number of rotatable bonds is 4. The molecule has 0 atom stereocenters. The number of halogens is 3. The molecule has 6 heteroatoms. The Morgan fingerprint density at radius 2 is 2.12 bits per heavy atom. The summed E-state index contributed by atoms with van der Waals surface area (Å²) in [6, 6.07) is 2.43. The molecule has 0 saturated carbocycles. The molecule has 1 rings (SSSR count). The van der Waals surface area contributed by atoms with E-state index in [0.29, 0.717) is 0 Å². The van der Waals surface area contributed by atoms with Gasteiger partial charge in [-0.05, 0) is 18.2 Å². The number of carbonyl (C=O) groups is 1. The molecular formula is C10H9F3O3. The normalized spacial score (nSPS) is 11.2. The maximum absolute atomic E-state index is 13.3. The highest BCUT2D eigenvalue weighted by molar-refractivity contribution is 5.68. The van der Waals surface area contributed by atoms with Crippen LogP contribution in [-0.4, -0.2) is 18.2 Å². The maximum atomic E-state index is 13.3. The second-order valence-corrected chi connectivity index (χ2v) is 3.12. The summed E-state index contributed by atoms with van der Waals surface area (Å²) in [7, 11) is 1.14. The van der Waals surface area contributed by atoms with Crippen molar-refractivity contribution in [2.75, 3.05) is 7.11 Å². The highest BCUT2D eigenvalue weighted by Gasteiger charge is 2.35. The molecule has 1 aromatic rings. The Kier molecular flexibility index (Phi) is 3.41. The van der Waals surface area contributed by atoms with E-state index >= 15 is 0 Å². The molecule has 0 heterocycles. The van der Waals surface area contributed by atoms with Crippen molar-refractivity contribution in [3.05, 3.63) is 29.6 Å². The van der Waals surface area contributed by atoms with Crippen LogP contribution in [0.5, 0.6) is 5.75 Å². The van der Waals surface area contributed by atoms with Gasteiger partial charge in [0, 0.05) is 5.56 Å². The zero-order valence-corrected chi connectivity index (χ0v) is 8.34. The summed E-state index contributed by atoms with van der Waals surface area (Å²) >= 11 is 0. The quantitative estimate of drug-likeness (QED) is 0.870. The van der Waals surface area contributed by atoms with Gasteiger partial charge < -0.3 is 9.84 Å². The van der Waals surface area contributed by atoms with Gasteiger partial charge >= 0.3 is 5.97 Å². The summed E-state index contributed by atoms with van der Waals surface area (Å²) in [4.78, 5) is 10.2. The Bertz CT molecular complexity index is 404. The Morgan fingerprint density at radius 3 is 2.62 bits per heavy atom. The SMILES string of the molecule is COc1cc(C(F)(F)CC(=O)O)ccc1F. The third-order valence-corrected chi connectivity index (χ3v) is 1.95. The average molecular weight is 234 g/mol. The van der Waals surface area contributed by atoms with Crippen LogP contribution in [0.15, 0.2) is 18.2 Å². The van der Waals surface area contributed by atoms with Crippen molar-refractivity contribution >= 4 is 5.97 Å². The molecule has 1 aromatic carbocycles. The lowest BCUT2D eigenvalue weighted by atomic mass is 10.1. The second kappa shape index (κ2) is 4.42. The van der Waals surface area contributed by atoms with Crippen molar-refractivity contribution in [3.63, 3.8) is 0 Å². The predicted molar refractivity (Wildman–Crippen MR) is 49.1 cm³/mol. The standard InChI is InChI=1S/C10H9F3O3/c1-16-8-4-6(2-3-7(8)11)10(12,13)5-9(14)15/h2-4H,5H2,1H3,(H,14,15). The van der Waals surface area contributed by atoms with E-state index in [1.807, 2.05) is 0 Å². The second-order valence-electron chi connectivity index (χ2n) is 3.12. The summed E-state index contributed by atoms with van der Waals surface area (Å²) in [6.07, 6.45) is -1.35. The zero-order valence-electron chi connectivity index (χ0n) is 8.34. The van der Waals surface area contributed by atoms with Gasteiger partial charge in [-0.2, -0.15) is 0 Å². The van der Waals surface area contributed by atoms with Gasteiger partial charge in [-0.25, -0.2) is 13.2 Å². The Labute approximate surface area is 89.5 Å². The van der Waals surface area contributed by atoms with Crippen LogP contribution in [0.25, 0.3) is 0 Å². The minimum atomic E-state index is -3.55. The van der Waals surface area contributed by atoms with E-state index in [1.54, 1.807) is 0 Å². The van der Waals surface area contributed by atoms with Crippen molar-refractivity contribution in [2.45, 2.75) is 12.3 Å². The molecule has 0 aliphatic carbocycles. The fourth-order valence-electron chi connectivity index (χ4n) is 1.18. The van der Waals surface area contributed by atoms with Crippen LogP contribution in [0.2, 0.25) is 0 Å². The van der Waals surface area contributed by atoms with Gasteiger partial charge in [-0.1, -0.05) is 0 Å². The summed E-state index contributed by atoms with van der Waals surface area (Å²) in [5.41, 5.74) is -0.590. The van der Waals surface area contributed by atoms with E-state index in [0.717, 1.165) is 25.3 Å². The van der Waals surface area contributed by atoms with Crippen LogP contribution in [0.4, 0.5) is 13.2 Å². The van der Waals surface area contributed by atoms with Gasteiger partial charge in [-0.3, -0.25) is 4.79 Å². The molecule has 1 N–H and O–H groups in total. The van der Waals surface area contributed by atoms with Crippen molar-refractivity contribution in [1.29, 1.82) is 0 Å². The van der Waals surface area contributed by atoms with Gasteiger partial charge in [0.15, 0.2) is 11.6 Å². The number of hydrogen-bond donors (Lipinski definition) is 1. The fraction of sp³-hybridized carbons (Fsp3) is 0.300. The number of hydrogen-bond acceptors (Lipinski definition) is 2. The minimum absolute atomic E-state index is 0.345.